The van der Waals surface area contributed by atoms with Gasteiger partial charge in [0.25, 0.3) is 0 Å². The van der Waals surface area contributed by atoms with E-state index >= 15 is 0 Å². The summed E-state index contributed by atoms with van der Waals surface area (Å²) < 4.78 is 0. The molecule has 0 heterocycles. The van der Waals surface area contributed by atoms with Gasteiger partial charge >= 0.3 is 0 Å². The number of fused-ring (bicyclic) bond motifs is 3. The van der Waals surface area contributed by atoms with Crippen molar-refractivity contribution < 1.29 is 0 Å². The van der Waals surface area contributed by atoms with E-state index in [2.05, 4.69) is 27.7 Å². The quantitative estimate of drug-likeness (QED) is 0.567. The minimum atomic E-state index is 0.988. The molecule has 0 heteroatoms. The zero-order valence-electron chi connectivity index (χ0n) is 14.3. The van der Waals surface area contributed by atoms with E-state index < -0.39 is 0 Å². The molecule has 0 aromatic rings. The first-order valence-electron chi connectivity index (χ1n) is 9.67. The molecule has 3 aliphatic carbocycles. The largest absolute Gasteiger partial charge is 0.0651 e. The van der Waals surface area contributed by atoms with Crippen LogP contribution in [0.3, 0.4) is 0 Å². The van der Waals surface area contributed by atoms with Crippen molar-refractivity contribution in [2.24, 2.45) is 47.3 Å². The fourth-order valence-electron chi connectivity index (χ4n) is 7.02. The molecular weight excluding hydrogens is 240 g/mol. The zero-order chi connectivity index (χ0) is 14.3. The predicted octanol–water partition coefficient (Wildman–Crippen LogP) is 6.16. The van der Waals surface area contributed by atoms with Gasteiger partial charge in [-0.1, -0.05) is 53.4 Å². The van der Waals surface area contributed by atoms with Crippen LogP contribution in [-0.2, 0) is 0 Å². The van der Waals surface area contributed by atoms with Crippen LogP contribution in [0.4, 0.5) is 0 Å². The second kappa shape index (κ2) is 6.01. The molecule has 3 saturated carbocycles. The molecule has 0 aliphatic heterocycles. The molecule has 0 saturated heterocycles. The van der Waals surface area contributed by atoms with E-state index in [1.165, 1.54) is 25.7 Å². The Kier molecular flexibility index (Phi) is 4.48. The molecule has 116 valence electrons. The maximum absolute atomic E-state index is 2.59. The Morgan fingerprint density at radius 3 is 1.90 bits per heavy atom. The van der Waals surface area contributed by atoms with Crippen LogP contribution < -0.4 is 0 Å². The van der Waals surface area contributed by atoms with Gasteiger partial charge in [-0.2, -0.15) is 0 Å². The highest BCUT2D eigenvalue weighted by Gasteiger charge is 2.50. The van der Waals surface area contributed by atoms with Gasteiger partial charge in [0.1, 0.15) is 0 Å². The van der Waals surface area contributed by atoms with Crippen molar-refractivity contribution in [2.75, 3.05) is 0 Å². The van der Waals surface area contributed by atoms with Crippen LogP contribution in [0.2, 0.25) is 0 Å². The van der Waals surface area contributed by atoms with Gasteiger partial charge in [0.2, 0.25) is 0 Å². The number of rotatable bonds is 2. The van der Waals surface area contributed by atoms with E-state index in [9.17, 15) is 0 Å². The molecule has 8 atom stereocenters. The molecule has 0 amide bonds. The van der Waals surface area contributed by atoms with E-state index in [0.717, 1.165) is 47.3 Å². The molecule has 0 bridgehead atoms. The lowest BCUT2D eigenvalue weighted by molar-refractivity contribution is -0.0750. The van der Waals surface area contributed by atoms with Crippen molar-refractivity contribution in [1.82, 2.24) is 0 Å². The number of hydrogen-bond acceptors (Lipinski definition) is 0. The fraction of sp³-hybridized carbons (Fsp3) is 1.00. The topological polar surface area (TPSA) is 0 Å². The highest BCUT2D eigenvalue weighted by atomic mass is 14.6. The lowest BCUT2D eigenvalue weighted by atomic mass is 9.49. The maximum Gasteiger partial charge on any atom is -0.0349 e. The van der Waals surface area contributed by atoms with Gasteiger partial charge in [0, 0.05) is 0 Å². The molecule has 0 radical (unpaired) electrons. The molecule has 3 rings (SSSR count). The third kappa shape index (κ3) is 2.35. The Balaban J connectivity index is 1.85. The molecule has 0 nitrogen and oxygen atoms in total. The summed E-state index contributed by atoms with van der Waals surface area (Å²) in [6, 6.07) is 0. The molecule has 0 spiro atoms. The molecular formula is C20H36. The number of hydrogen-bond donors (Lipinski definition) is 0. The van der Waals surface area contributed by atoms with Gasteiger partial charge in [-0.3, -0.25) is 0 Å². The third-order valence-corrected chi connectivity index (χ3v) is 7.77. The summed E-state index contributed by atoms with van der Waals surface area (Å²) >= 11 is 0. The monoisotopic (exact) mass is 276 g/mol. The van der Waals surface area contributed by atoms with E-state index in [4.69, 9.17) is 0 Å². The van der Waals surface area contributed by atoms with Crippen molar-refractivity contribution in [2.45, 2.75) is 79.1 Å². The lowest BCUT2D eigenvalue weighted by Crippen LogP contribution is -2.49. The average molecular weight is 277 g/mol. The predicted molar refractivity (Wildman–Crippen MR) is 87.6 cm³/mol. The smallest absolute Gasteiger partial charge is 0.0349 e. The van der Waals surface area contributed by atoms with E-state index in [0.29, 0.717) is 0 Å². The van der Waals surface area contributed by atoms with E-state index in [-0.39, 0.29) is 0 Å². The normalized spacial score (nSPS) is 52.2. The second-order valence-corrected chi connectivity index (χ2v) is 8.51. The van der Waals surface area contributed by atoms with Gasteiger partial charge in [-0.15, -0.1) is 0 Å². The molecule has 8 unspecified atom stereocenters. The minimum Gasteiger partial charge on any atom is -0.0651 e. The van der Waals surface area contributed by atoms with Gasteiger partial charge < -0.3 is 0 Å². The summed E-state index contributed by atoms with van der Waals surface area (Å²) in [6.45, 7) is 10.1. The lowest BCUT2D eigenvalue weighted by Gasteiger charge is -2.57. The van der Waals surface area contributed by atoms with Crippen LogP contribution in [0.25, 0.3) is 0 Å². The second-order valence-electron chi connectivity index (χ2n) is 8.51. The van der Waals surface area contributed by atoms with Gasteiger partial charge in [0.15, 0.2) is 0 Å². The third-order valence-electron chi connectivity index (χ3n) is 7.77. The van der Waals surface area contributed by atoms with Crippen LogP contribution >= 0.6 is 0 Å². The van der Waals surface area contributed by atoms with Crippen molar-refractivity contribution in [1.29, 1.82) is 0 Å². The first kappa shape index (κ1) is 14.9. The Bertz CT molecular complexity index is 302. The van der Waals surface area contributed by atoms with Crippen molar-refractivity contribution >= 4 is 0 Å². The SMILES string of the molecule is CCC1C(C)CC2C3CCCCC3C(C)CC2C1CC. The summed E-state index contributed by atoms with van der Waals surface area (Å²) in [5.41, 5.74) is 0. The first-order chi connectivity index (χ1) is 9.67. The summed E-state index contributed by atoms with van der Waals surface area (Å²) in [4.78, 5) is 0. The Labute approximate surface area is 127 Å². The standard InChI is InChI=1S/C20H36/c1-5-15-13(3)11-20-18-10-8-7-9-17(18)14(4)12-19(20)16(15)6-2/h13-20H,5-12H2,1-4H3. The molecule has 0 N–H and O–H groups in total. The summed E-state index contributed by atoms with van der Waals surface area (Å²) in [5, 5.41) is 0. The summed E-state index contributed by atoms with van der Waals surface area (Å²) in [7, 11) is 0. The molecule has 20 heavy (non-hydrogen) atoms. The average Bonchev–Trinajstić information content (AvgIpc) is 2.47. The van der Waals surface area contributed by atoms with Gasteiger partial charge in [-0.25, -0.2) is 0 Å². The van der Waals surface area contributed by atoms with E-state index in [1.54, 1.807) is 25.7 Å². The van der Waals surface area contributed by atoms with Crippen LogP contribution in [0.15, 0.2) is 0 Å². The molecule has 0 aromatic heterocycles. The van der Waals surface area contributed by atoms with Crippen LogP contribution in [0.5, 0.6) is 0 Å². The van der Waals surface area contributed by atoms with E-state index in [1.807, 2.05) is 0 Å². The highest BCUT2D eigenvalue weighted by Crippen LogP contribution is 2.58. The Morgan fingerprint density at radius 1 is 0.650 bits per heavy atom. The summed E-state index contributed by atoms with van der Waals surface area (Å²) in [5.74, 6) is 8.44. The van der Waals surface area contributed by atoms with Crippen LogP contribution in [-0.4, -0.2) is 0 Å². The van der Waals surface area contributed by atoms with Gasteiger partial charge in [-0.05, 0) is 73.0 Å². The Morgan fingerprint density at radius 2 is 1.25 bits per heavy atom. The van der Waals surface area contributed by atoms with Crippen molar-refractivity contribution in [3.63, 3.8) is 0 Å². The highest BCUT2D eigenvalue weighted by molar-refractivity contribution is 4.99. The zero-order valence-corrected chi connectivity index (χ0v) is 14.3. The Hall–Kier alpha value is 0. The first-order valence-corrected chi connectivity index (χ1v) is 9.67. The van der Waals surface area contributed by atoms with Crippen LogP contribution in [0, 0.1) is 47.3 Å². The minimum absolute atomic E-state index is 0.988. The van der Waals surface area contributed by atoms with Crippen LogP contribution in [0.1, 0.15) is 79.1 Å². The summed E-state index contributed by atoms with van der Waals surface area (Å²) in [6.07, 6.45) is 12.2. The molecule has 3 fully saturated rings. The van der Waals surface area contributed by atoms with Crippen molar-refractivity contribution in [3.8, 4) is 0 Å². The molecule has 0 aromatic carbocycles. The van der Waals surface area contributed by atoms with Gasteiger partial charge in [0.05, 0.1) is 0 Å². The molecule has 3 aliphatic rings. The van der Waals surface area contributed by atoms with Crippen molar-refractivity contribution in [3.05, 3.63) is 0 Å². The maximum atomic E-state index is 2.59. The fourth-order valence-corrected chi connectivity index (χ4v) is 7.02.